The minimum absolute atomic E-state index is 0.00225. The first kappa shape index (κ1) is 19.9. The molecule has 0 bridgehead atoms. The van der Waals surface area contributed by atoms with Crippen LogP contribution in [0.5, 0.6) is 5.75 Å². The van der Waals surface area contributed by atoms with Gasteiger partial charge in [-0.05, 0) is 43.0 Å². The van der Waals surface area contributed by atoms with E-state index in [4.69, 9.17) is 26.1 Å². The van der Waals surface area contributed by atoms with E-state index in [-0.39, 0.29) is 12.5 Å². The molecule has 154 valence electrons. The molecule has 3 heterocycles. The monoisotopic (exact) mass is 416 g/mol. The number of fused-ring (bicyclic) bond motifs is 2. The Morgan fingerprint density at radius 2 is 2.14 bits per heavy atom. The molecular formula is C21H25ClN4O3. The maximum Gasteiger partial charge on any atom is 0.260 e. The lowest BCUT2D eigenvalue weighted by Crippen LogP contribution is -2.50. The quantitative estimate of drug-likeness (QED) is 0.763. The number of nitrogens with zero attached hydrogens (tertiary/aromatic N) is 4. The fourth-order valence-corrected chi connectivity index (χ4v) is 4.09. The van der Waals surface area contributed by atoms with Gasteiger partial charge in [-0.3, -0.25) is 4.79 Å². The zero-order valence-corrected chi connectivity index (χ0v) is 17.5. The van der Waals surface area contributed by atoms with Crippen LogP contribution in [-0.2, 0) is 21.6 Å². The van der Waals surface area contributed by atoms with Gasteiger partial charge in [0.2, 0.25) is 5.95 Å². The number of rotatable bonds is 4. The number of aromatic nitrogens is 2. The fraction of sp³-hybridized carbons (Fsp3) is 0.476. The van der Waals surface area contributed by atoms with Crippen molar-refractivity contribution in [3.8, 4) is 5.75 Å². The molecule has 1 aromatic heterocycles. The van der Waals surface area contributed by atoms with Gasteiger partial charge in [-0.15, -0.1) is 0 Å². The van der Waals surface area contributed by atoms with Crippen LogP contribution in [0.4, 0.5) is 5.95 Å². The number of hydrogen-bond acceptors (Lipinski definition) is 6. The third-order valence-electron chi connectivity index (χ3n) is 5.52. The highest BCUT2D eigenvalue weighted by Gasteiger charge is 2.43. The standard InChI is InChI=1S/C21H25ClN4O3/c1-25(2)20-23-13-15-6-11-29-21(19(15)24-20)7-9-26(10-8-21)18(27)14-28-17-5-3-4-16(22)12-17/h3-5,12-13H,6-11,14H2,1-2H3. The number of piperidine rings is 1. The number of ether oxygens (including phenoxy) is 2. The average Bonchev–Trinajstić information content (AvgIpc) is 2.73. The van der Waals surface area contributed by atoms with Gasteiger partial charge in [0.15, 0.2) is 6.61 Å². The van der Waals surface area contributed by atoms with Crippen LogP contribution in [0.25, 0.3) is 0 Å². The van der Waals surface area contributed by atoms with Gasteiger partial charge >= 0.3 is 0 Å². The van der Waals surface area contributed by atoms with Crippen LogP contribution in [0, 0.1) is 0 Å². The van der Waals surface area contributed by atoms with E-state index in [1.165, 1.54) is 0 Å². The van der Waals surface area contributed by atoms with E-state index < -0.39 is 5.60 Å². The molecule has 2 aromatic rings. The van der Waals surface area contributed by atoms with Gasteiger partial charge in [0, 0.05) is 38.4 Å². The molecule has 2 aliphatic rings. The summed E-state index contributed by atoms with van der Waals surface area (Å²) in [6.07, 6.45) is 4.17. The summed E-state index contributed by atoms with van der Waals surface area (Å²) in [7, 11) is 3.86. The van der Waals surface area contributed by atoms with Gasteiger partial charge in [-0.25, -0.2) is 9.97 Å². The van der Waals surface area contributed by atoms with E-state index in [1.54, 1.807) is 24.3 Å². The molecule has 8 heteroatoms. The maximum atomic E-state index is 12.6. The second-order valence-electron chi connectivity index (χ2n) is 7.66. The smallest absolute Gasteiger partial charge is 0.260 e. The molecule has 0 aliphatic carbocycles. The van der Waals surface area contributed by atoms with Crippen LogP contribution in [0.2, 0.25) is 5.02 Å². The summed E-state index contributed by atoms with van der Waals surface area (Å²) in [5, 5.41) is 0.585. The van der Waals surface area contributed by atoms with Crippen molar-refractivity contribution >= 4 is 23.5 Å². The maximum absolute atomic E-state index is 12.6. The summed E-state index contributed by atoms with van der Waals surface area (Å²) in [6.45, 7) is 1.87. The molecule has 1 fully saturated rings. The predicted molar refractivity (Wildman–Crippen MR) is 110 cm³/mol. The molecule has 29 heavy (non-hydrogen) atoms. The lowest BCUT2D eigenvalue weighted by molar-refractivity contribution is -0.143. The zero-order chi connectivity index (χ0) is 20.4. The Hall–Kier alpha value is -2.38. The van der Waals surface area contributed by atoms with E-state index in [9.17, 15) is 4.79 Å². The summed E-state index contributed by atoms with van der Waals surface area (Å²) in [5.74, 6) is 1.24. The highest BCUT2D eigenvalue weighted by molar-refractivity contribution is 6.30. The first-order valence-corrected chi connectivity index (χ1v) is 10.2. The lowest BCUT2D eigenvalue weighted by Gasteiger charge is -2.44. The van der Waals surface area contributed by atoms with Gasteiger partial charge in [-0.2, -0.15) is 0 Å². The number of halogens is 1. The van der Waals surface area contributed by atoms with Crippen LogP contribution >= 0.6 is 11.6 Å². The highest BCUT2D eigenvalue weighted by Crippen LogP contribution is 2.40. The summed E-state index contributed by atoms with van der Waals surface area (Å²) >= 11 is 5.96. The summed E-state index contributed by atoms with van der Waals surface area (Å²) < 4.78 is 11.8. The second-order valence-corrected chi connectivity index (χ2v) is 8.09. The largest absolute Gasteiger partial charge is 0.484 e. The van der Waals surface area contributed by atoms with Crippen molar-refractivity contribution in [3.05, 3.63) is 46.7 Å². The first-order valence-electron chi connectivity index (χ1n) is 9.81. The van der Waals surface area contributed by atoms with Gasteiger partial charge in [0.1, 0.15) is 11.4 Å². The van der Waals surface area contributed by atoms with Crippen molar-refractivity contribution in [1.29, 1.82) is 0 Å². The molecule has 0 N–H and O–H groups in total. The Balaban J connectivity index is 1.42. The number of amides is 1. The second kappa shape index (κ2) is 8.16. The molecule has 1 aromatic carbocycles. The van der Waals surface area contributed by atoms with E-state index in [0.717, 1.165) is 17.7 Å². The molecule has 2 aliphatic heterocycles. The molecule has 7 nitrogen and oxygen atoms in total. The number of benzene rings is 1. The molecule has 4 rings (SSSR count). The molecule has 0 saturated carbocycles. The van der Waals surface area contributed by atoms with Crippen molar-refractivity contribution < 1.29 is 14.3 Å². The normalized spacial score (nSPS) is 17.7. The Kier molecular flexibility index (Phi) is 5.61. The predicted octanol–water partition coefficient (Wildman–Crippen LogP) is 2.67. The number of anilines is 1. The minimum atomic E-state index is -0.439. The van der Waals surface area contributed by atoms with Crippen LogP contribution in [0.15, 0.2) is 30.5 Å². The van der Waals surface area contributed by atoms with E-state index in [2.05, 4.69) is 4.98 Å². The van der Waals surface area contributed by atoms with Crippen molar-refractivity contribution in [2.24, 2.45) is 0 Å². The first-order chi connectivity index (χ1) is 14.0. The van der Waals surface area contributed by atoms with Gasteiger partial charge in [0.25, 0.3) is 5.91 Å². The molecule has 0 unspecified atom stereocenters. The van der Waals surface area contributed by atoms with Gasteiger partial charge < -0.3 is 19.3 Å². The third kappa shape index (κ3) is 4.16. The van der Waals surface area contributed by atoms with Crippen LogP contribution < -0.4 is 9.64 Å². The Bertz CT molecular complexity index is 897. The third-order valence-corrected chi connectivity index (χ3v) is 5.75. The Morgan fingerprint density at radius 3 is 2.86 bits per heavy atom. The summed E-state index contributed by atoms with van der Waals surface area (Å²) in [6, 6.07) is 7.07. The SMILES string of the molecule is CN(C)c1ncc2c(n1)C1(CCN(C(=O)COc3cccc(Cl)c3)CC1)OCC2. The molecular weight excluding hydrogens is 392 g/mol. The molecule has 1 saturated heterocycles. The number of carbonyl (C=O) groups is 1. The number of carbonyl (C=O) groups excluding carboxylic acids is 1. The van der Waals surface area contributed by atoms with Crippen LogP contribution in [0.3, 0.4) is 0 Å². The van der Waals surface area contributed by atoms with Crippen molar-refractivity contribution in [3.63, 3.8) is 0 Å². The lowest BCUT2D eigenvalue weighted by atomic mass is 9.83. The molecule has 0 radical (unpaired) electrons. The Morgan fingerprint density at radius 1 is 1.34 bits per heavy atom. The van der Waals surface area contributed by atoms with E-state index in [1.807, 2.05) is 30.1 Å². The highest BCUT2D eigenvalue weighted by atomic mass is 35.5. The topological polar surface area (TPSA) is 67.8 Å². The average molecular weight is 417 g/mol. The van der Waals surface area contributed by atoms with Crippen LogP contribution in [-0.4, -0.2) is 61.2 Å². The van der Waals surface area contributed by atoms with Gasteiger partial charge in [0.05, 0.1) is 12.3 Å². The molecule has 1 amide bonds. The fourth-order valence-electron chi connectivity index (χ4n) is 3.91. The Labute approximate surface area is 175 Å². The summed E-state index contributed by atoms with van der Waals surface area (Å²) in [5.41, 5.74) is 1.68. The zero-order valence-electron chi connectivity index (χ0n) is 16.7. The molecule has 1 spiro atoms. The van der Waals surface area contributed by atoms with Gasteiger partial charge in [-0.1, -0.05) is 17.7 Å². The van der Waals surface area contributed by atoms with Crippen LogP contribution in [0.1, 0.15) is 24.1 Å². The molecule has 0 atom stereocenters. The number of hydrogen-bond donors (Lipinski definition) is 0. The van der Waals surface area contributed by atoms with Crippen molar-refractivity contribution in [1.82, 2.24) is 14.9 Å². The van der Waals surface area contributed by atoms with Crippen molar-refractivity contribution in [2.75, 3.05) is 45.3 Å². The van der Waals surface area contributed by atoms with E-state index in [0.29, 0.717) is 49.3 Å². The minimum Gasteiger partial charge on any atom is -0.484 e. The van der Waals surface area contributed by atoms with Crippen molar-refractivity contribution in [2.45, 2.75) is 24.9 Å². The summed E-state index contributed by atoms with van der Waals surface area (Å²) in [4.78, 5) is 25.6. The van der Waals surface area contributed by atoms with E-state index >= 15 is 0 Å². The number of likely N-dealkylation sites (tertiary alicyclic amines) is 1.